The lowest BCUT2D eigenvalue weighted by molar-refractivity contribution is -0.385. The quantitative estimate of drug-likeness (QED) is 0.350. The summed E-state index contributed by atoms with van der Waals surface area (Å²) in [4.78, 5) is 29.7. The largest absolute Gasteiger partial charge is 0.352 e. The van der Waals surface area contributed by atoms with E-state index in [1.807, 2.05) is 4.90 Å². The minimum Gasteiger partial charge on any atom is -0.352 e. The molecule has 1 aliphatic carbocycles. The van der Waals surface area contributed by atoms with E-state index in [1.165, 1.54) is 12.5 Å². The predicted molar refractivity (Wildman–Crippen MR) is 108 cm³/mol. The Morgan fingerprint density at radius 1 is 1.25 bits per heavy atom. The van der Waals surface area contributed by atoms with Crippen LogP contribution >= 0.6 is 0 Å². The summed E-state index contributed by atoms with van der Waals surface area (Å²) in [5.74, 6) is 1.09. The van der Waals surface area contributed by atoms with Gasteiger partial charge in [-0.25, -0.2) is 0 Å². The fourth-order valence-corrected chi connectivity index (χ4v) is 4.09. The fourth-order valence-electron chi connectivity index (χ4n) is 4.09. The number of hydrogen-bond donors (Lipinski definition) is 2. The van der Waals surface area contributed by atoms with Gasteiger partial charge in [-0.2, -0.15) is 0 Å². The van der Waals surface area contributed by atoms with Crippen LogP contribution in [-0.2, 0) is 11.3 Å². The van der Waals surface area contributed by atoms with Crippen molar-refractivity contribution in [1.82, 2.24) is 15.5 Å². The molecule has 2 aliphatic rings. The second-order valence-electron chi connectivity index (χ2n) is 7.56. The molecule has 1 aromatic rings. The van der Waals surface area contributed by atoms with E-state index in [0.29, 0.717) is 30.5 Å². The molecule has 1 amide bonds. The Bertz CT molecular complexity index is 730. The Morgan fingerprint density at radius 3 is 2.71 bits per heavy atom. The van der Waals surface area contributed by atoms with Crippen molar-refractivity contribution in [1.29, 1.82) is 0 Å². The summed E-state index contributed by atoms with van der Waals surface area (Å²) >= 11 is 0. The van der Waals surface area contributed by atoms with Crippen LogP contribution in [0.5, 0.6) is 0 Å². The lowest BCUT2D eigenvalue weighted by Gasteiger charge is -2.26. The van der Waals surface area contributed by atoms with E-state index in [4.69, 9.17) is 0 Å². The molecule has 1 saturated heterocycles. The van der Waals surface area contributed by atoms with Gasteiger partial charge >= 0.3 is 0 Å². The smallest absolute Gasteiger partial charge is 0.274 e. The molecule has 0 aromatic heterocycles. The number of likely N-dealkylation sites (tertiary alicyclic amines) is 1. The van der Waals surface area contributed by atoms with Crippen LogP contribution in [0.1, 0.15) is 44.1 Å². The molecular weight excluding hydrogens is 358 g/mol. The minimum absolute atomic E-state index is 0.0931. The Morgan fingerprint density at radius 2 is 2.00 bits per heavy atom. The number of amides is 1. The van der Waals surface area contributed by atoms with E-state index >= 15 is 0 Å². The number of carbonyl (C=O) groups is 1. The molecule has 2 N–H and O–H groups in total. The topological polar surface area (TPSA) is 99.9 Å². The van der Waals surface area contributed by atoms with Crippen LogP contribution < -0.4 is 10.6 Å². The average Bonchev–Trinajstić information content (AvgIpc) is 3.19. The van der Waals surface area contributed by atoms with Gasteiger partial charge in [0.15, 0.2) is 5.96 Å². The zero-order valence-electron chi connectivity index (χ0n) is 16.4. The number of guanidine groups is 1. The standard InChI is InChI=1S/C20H29N5O3/c1-21-20(22-13-16-9-5-6-10-18(16)25(27)28)23-17-11-12-24(14-17)19(26)15-7-3-2-4-8-15/h5-6,9-10,15,17H,2-4,7-8,11-14H2,1H3,(H2,21,22,23). The van der Waals surface area contributed by atoms with Crippen molar-refractivity contribution >= 4 is 17.6 Å². The molecule has 1 aromatic carbocycles. The van der Waals surface area contributed by atoms with Gasteiger partial charge < -0.3 is 15.5 Å². The first-order valence-electron chi connectivity index (χ1n) is 10.1. The first-order valence-corrected chi connectivity index (χ1v) is 10.1. The van der Waals surface area contributed by atoms with Crippen LogP contribution in [0.3, 0.4) is 0 Å². The summed E-state index contributed by atoms with van der Waals surface area (Å²) in [5.41, 5.74) is 0.701. The van der Waals surface area contributed by atoms with Crippen molar-refractivity contribution in [3.05, 3.63) is 39.9 Å². The van der Waals surface area contributed by atoms with Crippen molar-refractivity contribution in [3.63, 3.8) is 0 Å². The van der Waals surface area contributed by atoms with Crippen molar-refractivity contribution in [2.24, 2.45) is 10.9 Å². The van der Waals surface area contributed by atoms with E-state index in [9.17, 15) is 14.9 Å². The SMILES string of the molecule is CN=C(NCc1ccccc1[N+](=O)[O-])NC1CCN(C(=O)C2CCCCC2)C1. The molecule has 28 heavy (non-hydrogen) atoms. The molecule has 0 radical (unpaired) electrons. The molecule has 1 atom stereocenters. The second-order valence-corrected chi connectivity index (χ2v) is 7.56. The second kappa shape index (κ2) is 9.52. The number of aliphatic imine (C=N–C) groups is 1. The monoisotopic (exact) mass is 387 g/mol. The van der Waals surface area contributed by atoms with E-state index in [0.717, 1.165) is 38.6 Å². The lowest BCUT2D eigenvalue weighted by atomic mass is 9.88. The van der Waals surface area contributed by atoms with Crippen molar-refractivity contribution in [2.75, 3.05) is 20.1 Å². The summed E-state index contributed by atoms with van der Waals surface area (Å²) < 4.78 is 0. The van der Waals surface area contributed by atoms with Gasteiger partial charge in [0.25, 0.3) is 5.69 Å². The summed E-state index contributed by atoms with van der Waals surface area (Å²) in [6.07, 6.45) is 6.49. The third-order valence-electron chi connectivity index (χ3n) is 5.65. The van der Waals surface area contributed by atoms with Gasteiger partial charge in [0.2, 0.25) is 5.91 Å². The van der Waals surface area contributed by atoms with Crippen molar-refractivity contribution < 1.29 is 9.72 Å². The number of nitro groups is 1. The Balaban J connectivity index is 1.50. The highest BCUT2D eigenvalue weighted by molar-refractivity contribution is 5.81. The van der Waals surface area contributed by atoms with Crippen LogP contribution in [0.4, 0.5) is 5.69 Å². The van der Waals surface area contributed by atoms with Crippen LogP contribution in [0.25, 0.3) is 0 Å². The number of hydrogen-bond acceptors (Lipinski definition) is 4. The summed E-state index contributed by atoms with van der Waals surface area (Å²) in [7, 11) is 1.68. The van der Waals surface area contributed by atoms with Crippen LogP contribution in [0.15, 0.2) is 29.3 Å². The van der Waals surface area contributed by atoms with E-state index in [1.54, 1.807) is 25.2 Å². The number of nitrogens with zero attached hydrogens (tertiary/aromatic N) is 3. The maximum absolute atomic E-state index is 12.7. The average molecular weight is 387 g/mol. The highest BCUT2D eigenvalue weighted by Crippen LogP contribution is 2.26. The van der Waals surface area contributed by atoms with Gasteiger partial charge in [-0.3, -0.25) is 19.9 Å². The summed E-state index contributed by atoms with van der Waals surface area (Å²) in [6.45, 7) is 1.77. The molecule has 152 valence electrons. The Labute approximate surface area is 165 Å². The molecule has 8 heteroatoms. The number of carbonyl (C=O) groups excluding carboxylic acids is 1. The maximum Gasteiger partial charge on any atom is 0.274 e. The Hall–Kier alpha value is -2.64. The van der Waals surface area contributed by atoms with E-state index in [-0.39, 0.29) is 22.6 Å². The maximum atomic E-state index is 12.7. The van der Waals surface area contributed by atoms with Gasteiger partial charge in [-0.05, 0) is 19.3 Å². The molecule has 1 heterocycles. The normalized spacial score (nSPS) is 20.8. The molecule has 0 spiro atoms. The number of para-hydroxylation sites is 1. The molecule has 3 rings (SSSR count). The third-order valence-corrected chi connectivity index (χ3v) is 5.65. The van der Waals surface area contributed by atoms with Gasteiger partial charge in [0.1, 0.15) is 0 Å². The first kappa shape index (κ1) is 20.1. The minimum atomic E-state index is -0.376. The molecule has 1 aliphatic heterocycles. The van der Waals surface area contributed by atoms with Crippen LogP contribution in [0.2, 0.25) is 0 Å². The summed E-state index contributed by atoms with van der Waals surface area (Å²) in [5, 5.41) is 17.6. The molecule has 8 nitrogen and oxygen atoms in total. The van der Waals surface area contributed by atoms with Gasteiger partial charge in [-0.15, -0.1) is 0 Å². The van der Waals surface area contributed by atoms with Gasteiger partial charge in [0.05, 0.1) is 4.92 Å². The highest BCUT2D eigenvalue weighted by atomic mass is 16.6. The van der Waals surface area contributed by atoms with Crippen molar-refractivity contribution in [3.8, 4) is 0 Å². The zero-order chi connectivity index (χ0) is 19.9. The van der Waals surface area contributed by atoms with E-state index < -0.39 is 0 Å². The molecule has 2 fully saturated rings. The number of nitro benzene ring substituents is 1. The molecule has 0 bridgehead atoms. The number of nitrogens with one attached hydrogen (secondary N) is 2. The predicted octanol–water partition coefficient (Wildman–Crippen LogP) is 2.44. The van der Waals surface area contributed by atoms with Gasteiger partial charge in [0, 0.05) is 50.3 Å². The van der Waals surface area contributed by atoms with Crippen molar-refractivity contribution in [2.45, 2.75) is 51.1 Å². The lowest BCUT2D eigenvalue weighted by Crippen LogP contribution is -2.45. The molecule has 1 unspecified atom stereocenters. The first-order chi connectivity index (χ1) is 13.6. The highest BCUT2D eigenvalue weighted by Gasteiger charge is 2.31. The Kier molecular flexibility index (Phi) is 6.84. The third kappa shape index (κ3) is 4.99. The van der Waals surface area contributed by atoms with Crippen LogP contribution in [0, 0.1) is 16.0 Å². The zero-order valence-corrected chi connectivity index (χ0v) is 16.4. The van der Waals surface area contributed by atoms with Crippen LogP contribution in [-0.4, -0.2) is 47.9 Å². The summed E-state index contributed by atoms with van der Waals surface area (Å²) in [6, 6.07) is 6.82. The fraction of sp³-hybridized carbons (Fsp3) is 0.600. The molecular formula is C20H29N5O3. The number of rotatable bonds is 5. The van der Waals surface area contributed by atoms with Gasteiger partial charge in [-0.1, -0.05) is 37.5 Å². The molecule has 1 saturated carbocycles. The van der Waals surface area contributed by atoms with E-state index in [2.05, 4.69) is 15.6 Å². The number of benzene rings is 1.